The van der Waals surface area contributed by atoms with E-state index in [4.69, 9.17) is 4.55 Å². The minimum atomic E-state index is -4.43. The van der Waals surface area contributed by atoms with Crippen molar-refractivity contribution >= 4 is 42.5 Å². The van der Waals surface area contributed by atoms with Gasteiger partial charge in [0.25, 0.3) is 15.8 Å². The van der Waals surface area contributed by atoms with Crippen LogP contribution in [-0.4, -0.2) is 17.9 Å². The van der Waals surface area contributed by atoms with Gasteiger partial charge in [-0.15, -0.1) is 0 Å². The first-order chi connectivity index (χ1) is 8.32. The Morgan fingerprint density at radius 2 is 1.89 bits per heavy atom. The second kappa shape index (κ2) is 4.30. The van der Waals surface area contributed by atoms with Crippen LogP contribution in [0.5, 0.6) is 0 Å². The van der Waals surface area contributed by atoms with Gasteiger partial charge >= 0.3 is 0 Å². The van der Waals surface area contributed by atoms with Gasteiger partial charge in [-0.3, -0.25) is 14.7 Å². The SMILES string of the molecule is O=[N+]([O-])c1cccc2c(S(=O)(=O)O)ccc(Br)c12. The summed E-state index contributed by atoms with van der Waals surface area (Å²) < 4.78 is 31.9. The van der Waals surface area contributed by atoms with Gasteiger partial charge in [-0.25, -0.2) is 0 Å². The lowest BCUT2D eigenvalue weighted by Crippen LogP contribution is -2.00. The van der Waals surface area contributed by atoms with E-state index < -0.39 is 15.0 Å². The van der Waals surface area contributed by atoms with Crippen molar-refractivity contribution < 1.29 is 17.9 Å². The molecule has 2 rings (SSSR count). The molecule has 2 aromatic rings. The molecule has 0 fully saturated rings. The lowest BCUT2D eigenvalue weighted by molar-refractivity contribution is -0.383. The minimum absolute atomic E-state index is 0.0982. The summed E-state index contributed by atoms with van der Waals surface area (Å²) in [5.41, 5.74) is -0.232. The van der Waals surface area contributed by atoms with Crippen LogP contribution in [0.15, 0.2) is 39.7 Å². The molecule has 1 N–H and O–H groups in total. The number of fused-ring (bicyclic) bond motifs is 1. The molecule has 0 amide bonds. The normalized spacial score (nSPS) is 11.7. The molecule has 0 aromatic heterocycles. The number of hydrogen-bond donors (Lipinski definition) is 1. The van der Waals surface area contributed by atoms with E-state index in [1.165, 1.54) is 30.3 Å². The monoisotopic (exact) mass is 331 g/mol. The topological polar surface area (TPSA) is 97.5 Å². The van der Waals surface area contributed by atoms with Crippen LogP contribution in [0.2, 0.25) is 0 Å². The Morgan fingerprint density at radius 3 is 2.44 bits per heavy atom. The van der Waals surface area contributed by atoms with E-state index in [1.807, 2.05) is 0 Å². The predicted molar refractivity (Wildman–Crippen MR) is 68.1 cm³/mol. The number of benzene rings is 2. The number of nitro groups is 1. The summed E-state index contributed by atoms with van der Waals surface area (Å²) in [4.78, 5) is 9.93. The molecule has 0 spiro atoms. The van der Waals surface area contributed by atoms with E-state index >= 15 is 0 Å². The van der Waals surface area contributed by atoms with Crippen LogP contribution < -0.4 is 0 Å². The highest BCUT2D eigenvalue weighted by Gasteiger charge is 2.21. The molecule has 0 atom stereocenters. The molecule has 0 bridgehead atoms. The van der Waals surface area contributed by atoms with Gasteiger partial charge in [0, 0.05) is 15.9 Å². The Balaban J connectivity index is 3.02. The summed E-state index contributed by atoms with van der Waals surface area (Å²) in [6, 6.07) is 6.56. The first kappa shape index (κ1) is 12.9. The Morgan fingerprint density at radius 1 is 1.22 bits per heavy atom. The molecule has 0 saturated heterocycles. The standard InChI is InChI=1S/C10H6BrNO5S/c11-7-4-5-9(18(15,16)17)6-2-1-3-8(10(6)7)12(13)14/h1-5H,(H,15,16,17). The van der Waals surface area contributed by atoms with E-state index in [2.05, 4.69) is 15.9 Å². The summed E-state index contributed by atoms with van der Waals surface area (Å²) in [5, 5.41) is 11.1. The number of hydrogen-bond acceptors (Lipinski definition) is 4. The molecule has 0 radical (unpaired) electrons. The zero-order valence-electron chi connectivity index (χ0n) is 8.70. The Labute approximate surface area is 110 Å². The number of halogens is 1. The van der Waals surface area contributed by atoms with Gasteiger partial charge in [-0.1, -0.05) is 12.1 Å². The van der Waals surface area contributed by atoms with Gasteiger partial charge in [-0.2, -0.15) is 8.42 Å². The molecule has 0 heterocycles. The number of non-ortho nitro benzene ring substituents is 1. The van der Waals surface area contributed by atoms with Gasteiger partial charge in [0.2, 0.25) is 0 Å². The van der Waals surface area contributed by atoms with Crippen molar-refractivity contribution in [2.75, 3.05) is 0 Å². The molecule has 0 unspecified atom stereocenters. The molecule has 0 saturated carbocycles. The molecule has 2 aromatic carbocycles. The molecular formula is C10H6BrNO5S. The third-order valence-electron chi connectivity index (χ3n) is 2.40. The van der Waals surface area contributed by atoms with Crippen molar-refractivity contribution in [1.29, 1.82) is 0 Å². The van der Waals surface area contributed by atoms with Crippen LogP contribution in [0.4, 0.5) is 5.69 Å². The third-order valence-corrected chi connectivity index (χ3v) is 3.98. The molecule has 18 heavy (non-hydrogen) atoms. The van der Waals surface area contributed by atoms with Crippen LogP contribution in [0.3, 0.4) is 0 Å². The van der Waals surface area contributed by atoms with Crippen LogP contribution in [0.1, 0.15) is 0 Å². The highest BCUT2D eigenvalue weighted by atomic mass is 79.9. The summed E-state index contributed by atoms with van der Waals surface area (Å²) in [6.07, 6.45) is 0. The highest BCUT2D eigenvalue weighted by molar-refractivity contribution is 9.10. The van der Waals surface area contributed by atoms with Crippen molar-refractivity contribution in [1.82, 2.24) is 0 Å². The summed E-state index contributed by atoms with van der Waals surface area (Å²) in [7, 11) is -4.43. The maximum atomic E-state index is 11.2. The Bertz CT molecular complexity index is 756. The van der Waals surface area contributed by atoms with Crippen LogP contribution >= 0.6 is 15.9 Å². The van der Waals surface area contributed by atoms with Crippen molar-refractivity contribution in [3.8, 4) is 0 Å². The first-order valence-electron chi connectivity index (χ1n) is 4.65. The number of nitrogens with zero attached hydrogens (tertiary/aromatic N) is 1. The Kier molecular flexibility index (Phi) is 3.09. The van der Waals surface area contributed by atoms with Crippen molar-refractivity contribution in [2.45, 2.75) is 4.90 Å². The lowest BCUT2D eigenvalue weighted by Gasteiger charge is -2.06. The Hall–Kier alpha value is -1.51. The summed E-state index contributed by atoms with van der Waals surface area (Å²) in [6.45, 7) is 0. The zero-order valence-corrected chi connectivity index (χ0v) is 11.1. The summed E-state index contributed by atoms with van der Waals surface area (Å²) >= 11 is 3.14. The van der Waals surface area contributed by atoms with E-state index in [0.717, 1.165) is 0 Å². The van der Waals surface area contributed by atoms with Gasteiger partial charge in [0.15, 0.2) is 0 Å². The number of nitro benzene ring substituents is 1. The number of rotatable bonds is 2. The van der Waals surface area contributed by atoms with E-state index in [1.54, 1.807) is 0 Å². The maximum Gasteiger partial charge on any atom is 0.295 e. The smallest absolute Gasteiger partial charge is 0.282 e. The van der Waals surface area contributed by atoms with Crippen molar-refractivity contribution in [3.63, 3.8) is 0 Å². The zero-order chi connectivity index (χ0) is 13.5. The third kappa shape index (κ3) is 2.09. The first-order valence-corrected chi connectivity index (χ1v) is 6.89. The van der Waals surface area contributed by atoms with E-state index in [-0.39, 0.29) is 21.4 Å². The fourth-order valence-electron chi connectivity index (χ4n) is 1.70. The molecule has 8 heteroatoms. The van der Waals surface area contributed by atoms with Crippen molar-refractivity contribution in [2.24, 2.45) is 0 Å². The average Bonchev–Trinajstić information content (AvgIpc) is 2.27. The molecule has 94 valence electrons. The molecule has 0 aliphatic carbocycles. The molecule has 0 aliphatic heterocycles. The van der Waals surface area contributed by atoms with Crippen LogP contribution in [0, 0.1) is 10.1 Å². The second-order valence-electron chi connectivity index (χ2n) is 3.48. The van der Waals surface area contributed by atoms with Crippen molar-refractivity contribution in [3.05, 3.63) is 44.9 Å². The average molecular weight is 332 g/mol. The fraction of sp³-hybridized carbons (Fsp3) is 0. The van der Waals surface area contributed by atoms with Gasteiger partial charge in [0.05, 0.1) is 10.3 Å². The maximum absolute atomic E-state index is 11.2. The van der Waals surface area contributed by atoms with E-state index in [9.17, 15) is 18.5 Å². The quantitative estimate of drug-likeness (QED) is 0.518. The van der Waals surface area contributed by atoms with E-state index in [0.29, 0.717) is 4.47 Å². The second-order valence-corrected chi connectivity index (χ2v) is 5.72. The van der Waals surface area contributed by atoms with Crippen LogP contribution in [-0.2, 0) is 10.1 Å². The molecule has 6 nitrogen and oxygen atoms in total. The summed E-state index contributed by atoms with van der Waals surface area (Å²) in [5.74, 6) is 0. The minimum Gasteiger partial charge on any atom is -0.282 e. The van der Waals surface area contributed by atoms with Gasteiger partial charge in [-0.05, 0) is 28.1 Å². The fourth-order valence-corrected chi connectivity index (χ4v) is 2.93. The highest BCUT2D eigenvalue weighted by Crippen LogP contribution is 2.35. The molecular weight excluding hydrogens is 326 g/mol. The van der Waals surface area contributed by atoms with Crippen LogP contribution in [0.25, 0.3) is 10.8 Å². The predicted octanol–water partition coefficient (Wildman–Crippen LogP) is 2.76. The lowest BCUT2D eigenvalue weighted by atomic mass is 10.1. The molecule has 0 aliphatic rings. The van der Waals surface area contributed by atoms with Gasteiger partial charge in [0.1, 0.15) is 4.90 Å². The van der Waals surface area contributed by atoms with Gasteiger partial charge < -0.3 is 0 Å². The largest absolute Gasteiger partial charge is 0.295 e.